The molecule has 1 heterocycles. The van der Waals surface area contributed by atoms with Crippen molar-refractivity contribution in [2.24, 2.45) is 5.73 Å². The van der Waals surface area contributed by atoms with E-state index in [1.807, 2.05) is 0 Å². The SMILES string of the molecule is CNC(=O)C(NC(=O)C(NC(=O)C1CC(O)CN1C(=O)C(NC=O)C(C)O)C(O)C(O)c1ccc(C)cc1)C(O)CC(N)=O. The lowest BCUT2D eigenvalue weighted by molar-refractivity contribution is -0.145. The topological polar surface area (TPSA) is 281 Å². The average Bonchev–Trinajstić information content (AvgIpc) is 3.37. The number of nitrogens with zero attached hydrogens (tertiary/aromatic N) is 1. The number of likely N-dealkylation sites (tertiary alicyclic amines) is 1. The number of β-amino-alcohol motifs (C(OH)–C–C–N with tert-alkyl or cyclic N) is 1. The summed E-state index contributed by atoms with van der Waals surface area (Å²) in [4.78, 5) is 75.8. The normalized spacial score (nSPS) is 21.0. The fourth-order valence-electron chi connectivity index (χ4n) is 4.73. The molecule has 9 unspecified atom stereocenters. The Labute approximate surface area is 252 Å². The van der Waals surface area contributed by atoms with Crippen molar-refractivity contribution < 1.29 is 54.3 Å². The number of nitrogens with one attached hydrogen (secondary N) is 4. The van der Waals surface area contributed by atoms with Crippen molar-refractivity contribution in [2.75, 3.05) is 13.6 Å². The summed E-state index contributed by atoms with van der Waals surface area (Å²) >= 11 is 0. The zero-order valence-corrected chi connectivity index (χ0v) is 24.4. The first-order chi connectivity index (χ1) is 20.6. The minimum absolute atomic E-state index is 0.152. The van der Waals surface area contributed by atoms with Crippen LogP contribution in [0.25, 0.3) is 0 Å². The summed E-state index contributed by atoms with van der Waals surface area (Å²) in [5, 5.41) is 61.4. The number of hydrogen-bond acceptors (Lipinski definition) is 11. The maximum Gasteiger partial charge on any atom is 0.248 e. The van der Waals surface area contributed by atoms with Crippen LogP contribution in [0.4, 0.5) is 0 Å². The van der Waals surface area contributed by atoms with E-state index in [1.54, 1.807) is 19.1 Å². The summed E-state index contributed by atoms with van der Waals surface area (Å²) in [5.41, 5.74) is 6.07. The number of hydrogen-bond donors (Lipinski definition) is 10. The Hall–Kier alpha value is -4.16. The van der Waals surface area contributed by atoms with Crippen LogP contribution < -0.4 is 27.0 Å². The molecule has 1 aliphatic rings. The second-order valence-electron chi connectivity index (χ2n) is 10.6. The van der Waals surface area contributed by atoms with Gasteiger partial charge < -0.3 is 57.4 Å². The standard InChI is InChI=1S/C27H40N6O11/c1-12-4-6-14(7-5-12)22(39)23(40)21(26(43)31-20(25(42)29-3)17(37)9-18(28)38)32-24(41)16-8-15(36)10-33(16)27(44)19(13(2)35)30-11-34/h4-7,11,13,15-17,19-23,35-37,39-40H,8-10H2,1-3H3,(H2,28,38)(H,29,42)(H,30,34)(H,31,43)(H,32,41). The Morgan fingerprint density at radius 3 is 2.14 bits per heavy atom. The quantitative estimate of drug-likeness (QED) is 0.0823. The third-order valence-electron chi connectivity index (χ3n) is 7.15. The Morgan fingerprint density at radius 1 is 1.00 bits per heavy atom. The number of benzene rings is 1. The van der Waals surface area contributed by atoms with Crippen molar-refractivity contribution in [3.63, 3.8) is 0 Å². The van der Waals surface area contributed by atoms with Crippen molar-refractivity contribution in [1.29, 1.82) is 0 Å². The lowest BCUT2D eigenvalue weighted by atomic mass is 9.96. The molecule has 6 amide bonds. The van der Waals surface area contributed by atoms with Crippen LogP contribution in [0.15, 0.2) is 24.3 Å². The first kappa shape index (κ1) is 36.0. The van der Waals surface area contributed by atoms with E-state index in [-0.39, 0.29) is 24.9 Å². The van der Waals surface area contributed by atoms with E-state index in [0.717, 1.165) is 10.5 Å². The van der Waals surface area contributed by atoms with E-state index in [0.29, 0.717) is 0 Å². The molecule has 1 aromatic carbocycles. The predicted molar refractivity (Wildman–Crippen MR) is 151 cm³/mol. The number of nitrogens with two attached hydrogens (primary N) is 1. The first-order valence-corrected chi connectivity index (χ1v) is 13.7. The molecule has 9 atom stereocenters. The van der Waals surface area contributed by atoms with Crippen LogP contribution in [-0.4, -0.2) is 129 Å². The molecule has 0 radical (unpaired) electrons. The van der Waals surface area contributed by atoms with Crippen LogP contribution in [0.1, 0.15) is 37.0 Å². The van der Waals surface area contributed by atoms with E-state index < -0.39 is 90.6 Å². The lowest BCUT2D eigenvalue weighted by Gasteiger charge is -2.32. The van der Waals surface area contributed by atoms with Gasteiger partial charge in [-0.3, -0.25) is 28.8 Å². The number of rotatable bonds is 15. The molecule has 0 bridgehead atoms. The summed E-state index contributed by atoms with van der Waals surface area (Å²) in [5.74, 6) is -5.21. The fourth-order valence-corrected chi connectivity index (χ4v) is 4.73. The number of likely N-dealkylation sites (N-methyl/N-ethyl adjacent to an activating group) is 1. The van der Waals surface area contributed by atoms with Crippen LogP contribution in [0.3, 0.4) is 0 Å². The molecule has 44 heavy (non-hydrogen) atoms. The van der Waals surface area contributed by atoms with Gasteiger partial charge in [-0.05, 0) is 19.4 Å². The summed E-state index contributed by atoms with van der Waals surface area (Å²) in [6.07, 6.45) is -9.14. The highest BCUT2D eigenvalue weighted by atomic mass is 16.3. The van der Waals surface area contributed by atoms with E-state index in [9.17, 15) is 54.3 Å². The van der Waals surface area contributed by atoms with Gasteiger partial charge in [-0.1, -0.05) is 29.8 Å². The van der Waals surface area contributed by atoms with Crippen LogP contribution >= 0.6 is 0 Å². The Bertz CT molecular complexity index is 1200. The molecule has 244 valence electrons. The number of primary amides is 1. The highest BCUT2D eigenvalue weighted by Crippen LogP contribution is 2.23. The predicted octanol–water partition coefficient (Wildman–Crippen LogP) is -5.20. The molecule has 17 nitrogen and oxygen atoms in total. The van der Waals surface area contributed by atoms with E-state index in [2.05, 4.69) is 21.3 Å². The maximum absolute atomic E-state index is 13.5. The number of aliphatic hydroxyl groups is 5. The monoisotopic (exact) mass is 624 g/mol. The molecular formula is C27H40N6O11. The molecule has 0 aromatic heterocycles. The number of carbonyl (C=O) groups excluding carboxylic acids is 6. The zero-order valence-electron chi connectivity index (χ0n) is 24.4. The van der Waals surface area contributed by atoms with Crippen molar-refractivity contribution in [3.8, 4) is 0 Å². The van der Waals surface area contributed by atoms with Gasteiger partial charge in [-0.2, -0.15) is 0 Å². The minimum atomic E-state index is -2.07. The molecule has 0 saturated carbocycles. The number of carbonyl (C=O) groups is 6. The second-order valence-corrected chi connectivity index (χ2v) is 10.6. The molecular weight excluding hydrogens is 584 g/mol. The maximum atomic E-state index is 13.5. The molecule has 1 aromatic rings. The zero-order chi connectivity index (χ0) is 33.3. The van der Waals surface area contributed by atoms with Crippen LogP contribution in [0.5, 0.6) is 0 Å². The molecule has 0 aliphatic carbocycles. The summed E-state index contributed by atoms with van der Waals surface area (Å²) in [6, 6.07) is -0.561. The van der Waals surface area contributed by atoms with E-state index in [4.69, 9.17) is 5.73 Å². The Balaban J connectivity index is 2.44. The van der Waals surface area contributed by atoms with Gasteiger partial charge in [-0.25, -0.2) is 0 Å². The van der Waals surface area contributed by atoms with Crippen molar-refractivity contribution >= 4 is 35.9 Å². The van der Waals surface area contributed by atoms with Crippen LogP contribution in [-0.2, 0) is 28.8 Å². The molecule has 1 saturated heterocycles. The molecule has 1 fully saturated rings. The Kier molecular flexibility index (Phi) is 13.2. The third kappa shape index (κ3) is 9.17. The number of amides is 6. The van der Waals surface area contributed by atoms with Crippen LogP contribution in [0, 0.1) is 6.92 Å². The molecule has 0 spiro atoms. The number of aryl methyl sites for hydroxylation is 1. The van der Waals surface area contributed by atoms with E-state index >= 15 is 0 Å². The highest BCUT2D eigenvalue weighted by molar-refractivity contribution is 5.96. The molecule has 11 N–H and O–H groups in total. The van der Waals surface area contributed by atoms with Crippen LogP contribution in [0.2, 0.25) is 0 Å². The van der Waals surface area contributed by atoms with E-state index in [1.165, 1.54) is 26.1 Å². The third-order valence-corrected chi connectivity index (χ3v) is 7.15. The van der Waals surface area contributed by atoms with Gasteiger partial charge in [0.05, 0.1) is 24.7 Å². The van der Waals surface area contributed by atoms with Gasteiger partial charge in [0.1, 0.15) is 36.4 Å². The largest absolute Gasteiger partial charge is 0.391 e. The van der Waals surface area contributed by atoms with Crippen molar-refractivity contribution in [2.45, 2.75) is 81.4 Å². The molecule has 1 aliphatic heterocycles. The molecule has 17 heteroatoms. The Morgan fingerprint density at radius 2 is 1.61 bits per heavy atom. The van der Waals surface area contributed by atoms with Gasteiger partial charge in [-0.15, -0.1) is 0 Å². The summed E-state index contributed by atoms with van der Waals surface area (Å²) in [7, 11) is 1.19. The van der Waals surface area contributed by atoms with Gasteiger partial charge in [0.25, 0.3) is 0 Å². The van der Waals surface area contributed by atoms with Crippen molar-refractivity contribution in [3.05, 3.63) is 35.4 Å². The van der Waals surface area contributed by atoms with Gasteiger partial charge in [0.2, 0.25) is 35.9 Å². The lowest BCUT2D eigenvalue weighted by Crippen LogP contribution is -2.63. The first-order valence-electron chi connectivity index (χ1n) is 13.7. The average molecular weight is 625 g/mol. The van der Waals surface area contributed by atoms with Gasteiger partial charge in [0, 0.05) is 20.0 Å². The second kappa shape index (κ2) is 16.1. The highest BCUT2D eigenvalue weighted by Gasteiger charge is 2.45. The summed E-state index contributed by atoms with van der Waals surface area (Å²) < 4.78 is 0. The van der Waals surface area contributed by atoms with Gasteiger partial charge in [0.15, 0.2) is 0 Å². The minimum Gasteiger partial charge on any atom is -0.391 e. The number of aliphatic hydroxyl groups excluding tert-OH is 5. The fraction of sp³-hybridized carbons (Fsp3) is 0.556. The van der Waals surface area contributed by atoms with Crippen molar-refractivity contribution in [1.82, 2.24) is 26.2 Å². The summed E-state index contributed by atoms with van der Waals surface area (Å²) in [6.45, 7) is 2.62. The molecule has 2 rings (SSSR count). The van der Waals surface area contributed by atoms with Gasteiger partial charge >= 0.3 is 0 Å². The smallest absolute Gasteiger partial charge is 0.248 e.